The fourth-order valence-electron chi connectivity index (χ4n) is 4.12. The van der Waals surface area contributed by atoms with Crippen LogP contribution in [0, 0.1) is 12.8 Å². The third kappa shape index (κ3) is 4.01. The molecule has 1 aromatic carbocycles. The molecule has 2 aromatic rings. The number of amides is 1. The molecule has 6 nitrogen and oxygen atoms in total. The van der Waals surface area contributed by atoms with E-state index in [0.29, 0.717) is 5.92 Å². The molecule has 2 aliphatic heterocycles. The molecule has 2 saturated heterocycles. The number of rotatable bonds is 5. The SMILES string of the molecule is Cc1ccc(N2CCC(CNC(=O)C3CC(c4cccn4C)NN3)C2)cc1. The Morgan fingerprint density at radius 2 is 2.04 bits per heavy atom. The molecular formula is C21H29N5O. The molecule has 4 rings (SSSR count). The highest BCUT2D eigenvalue weighted by atomic mass is 16.2. The van der Waals surface area contributed by atoms with Crippen LogP contribution < -0.4 is 21.1 Å². The first-order valence-corrected chi connectivity index (χ1v) is 9.82. The Hall–Kier alpha value is -2.31. The Morgan fingerprint density at radius 3 is 2.78 bits per heavy atom. The third-order valence-corrected chi connectivity index (χ3v) is 5.81. The van der Waals surface area contributed by atoms with Crippen molar-refractivity contribution in [2.75, 3.05) is 24.5 Å². The van der Waals surface area contributed by atoms with Crippen molar-refractivity contribution in [3.63, 3.8) is 0 Å². The number of aryl methyl sites for hydroxylation is 2. The van der Waals surface area contributed by atoms with E-state index in [2.05, 4.69) is 62.9 Å². The van der Waals surface area contributed by atoms with Gasteiger partial charge < -0.3 is 14.8 Å². The van der Waals surface area contributed by atoms with Gasteiger partial charge in [-0.15, -0.1) is 0 Å². The van der Waals surface area contributed by atoms with Crippen LogP contribution in [0.2, 0.25) is 0 Å². The van der Waals surface area contributed by atoms with Gasteiger partial charge in [-0.1, -0.05) is 17.7 Å². The van der Waals surface area contributed by atoms with Gasteiger partial charge in [-0.25, -0.2) is 10.9 Å². The normalized spacial score (nSPS) is 25.1. The minimum Gasteiger partial charge on any atom is -0.371 e. The first-order chi connectivity index (χ1) is 13.1. The Morgan fingerprint density at radius 1 is 1.22 bits per heavy atom. The van der Waals surface area contributed by atoms with E-state index in [1.165, 1.54) is 16.9 Å². The second-order valence-electron chi connectivity index (χ2n) is 7.85. The number of hydrogen-bond acceptors (Lipinski definition) is 4. The molecular weight excluding hydrogens is 338 g/mol. The van der Waals surface area contributed by atoms with E-state index in [4.69, 9.17) is 0 Å². The minimum absolute atomic E-state index is 0.0907. The number of benzene rings is 1. The lowest BCUT2D eigenvalue weighted by molar-refractivity contribution is -0.123. The Bertz CT molecular complexity index is 784. The van der Waals surface area contributed by atoms with Crippen LogP contribution >= 0.6 is 0 Å². The molecule has 3 atom stereocenters. The first kappa shape index (κ1) is 18.1. The van der Waals surface area contributed by atoms with Crippen molar-refractivity contribution < 1.29 is 4.79 Å². The van der Waals surface area contributed by atoms with Gasteiger partial charge in [0.05, 0.1) is 6.04 Å². The van der Waals surface area contributed by atoms with Crippen molar-refractivity contribution in [2.24, 2.45) is 13.0 Å². The standard InChI is InChI=1S/C21H29N5O/c1-15-5-7-17(8-6-15)26-11-9-16(14-26)13-22-21(27)19-12-18(23-24-19)20-4-3-10-25(20)2/h3-8,10,16,18-19,23-24H,9,11-14H2,1-2H3,(H,22,27). The van der Waals surface area contributed by atoms with Crippen LogP contribution in [0.3, 0.4) is 0 Å². The summed E-state index contributed by atoms with van der Waals surface area (Å²) in [5.74, 6) is 0.598. The number of aromatic nitrogens is 1. The number of hydrazine groups is 1. The van der Waals surface area contributed by atoms with Crippen LogP contribution in [-0.2, 0) is 11.8 Å². The Labute approximate surface area is 160 Å². The maximum atomic E-state index is 12.6. The highest BCUT2D eigenvalue weighted by molar-refractivity contribution is 5.82. The largest absolute Gasteiger partial charge is 0.371 e. The quantitative estimate of drug-likeness (QED) is 0.755. The summed E-state index contributed by atoms with van der Waals surface area (Å²) in [6.45, 7) is 4.92. The lowest BCUT2D eigenvalue weighted by atomic mass is 10.1. The highest BCUT2D eigenvalue weighted by Gasteiger charge is 2.32. The van der Waals surface area contributed by atoms with Crippen LogP contribution in [0.25, 0.3) is 0 Å². The predicted molar refractivity (Wildman–Crippen MR) is 107 cm³/mol. The van der Waals surface area contributed by atoms with Gasteiger partial charge in [0, 0.05) is 44.3 Å². The fourth-order valence-corrected chi connectivity index (χ4v) is 4.12. The maximum Gasteiger partial charge on any atom is 0.238 e. The van der Waals surface area contributed by atoms with E-state index >= 15 is 0 Å². The van der Waals surface area contributed by atoms with Crippen molar-refractivity contribution in [3.05, 3.63) is 53.9 Å². The van der Waals surface area contributed by atoms with Crippen LogP contribution in [0.1, 0.15) is 30.1 Å². The van der Waals surface area contributed by atoms with E-state index in [1.54, 1.807) is 0 Å². The summed E-state index contributed by atoms with van der Waals surface area (Å²) in [6.07, 6.45) is 3.92. The zero-order valence-electron chi connectivity index (χ0n) is 16.1. The van der Waals surface area contributed by atoms with E-state index in [9.17, 15) is 4.79 Å². The number of hydrogen-bond donors (Lipinski definition) is 3. The average Bonchev–Trinajstić information content (AvgIpc) is 3.40. The lowest BCUT2D eigenvalue weighted by Crippen LogP contribution is -2.44. The zero-order valence-corrected chi connectivity index (χ0v) is 16.1. The fraction of sp³-hybridized carbons (Fsp3) is 0.476. The molecule has 27 heavy (non-hydrogen) atoms. The molecule has 3 unspecified atom stereocenters. The van der Waals surface area contributed by atoms with Gasteiger partial charge in [0.25, 0.3) is 0 Å². The summed E-state index contributed by atoms with van der Waals surface area (Å²) in [5, 5.41) is 3.15. The third-order valence-electron chi connectivity index (χ3n) is 5.81. The van der Waals surface area contributed by atoms with E-state index in [1.807, 2.05) is 19.3 Å². The average molecular weight is 367 g/mol. The number of anilines is 1. The minimum atomic E-state index is -0.181. The second kappa shape index (κ2) is 7.74. The van der Waals surface area contributed by atoms with Crippen molar-refractivity contribution in [3.8, 4) is 0 Å². The van der Waals surface area contributed by atoms with Gasteiger partial charge in [0.2, 0.25) is 5.91 Å². The van der Waals surface area contributed by atoms with Crippen molar-refractivity contribution in [2.45, 2.75) is 31.8 Å². The summed E-state index contributed by atoms with van der Waals surface area (Å²) < 4.78 is 2.10. The molecule has 144 valence electrons. The molecule has 0 saturated carbocycles. The maximum absolute atomic E-state index is 12.6. The molecule has 1 amide bonds. The van der Waals surface area contributed by atoms with E-state index in [0.717, 1.165) is 32.5 Å². The summed E-state index contributed by atoms with van der Waals surface area (Å²) in [7, 11) is 2.03. The van der Waals surface area contributed by atoms with Crippen LogP contribution in [0.5, 0.6) is 0 Å². The molecule has 3 N–H and O–H groups in total. The van der Waals surface area contributed by atoms with Crippen molar-refractivity contribution in [1.29, 1.82) is 0 Å². The smallest absolute Gasteiger partial charge is 0.238 e. The predicted octanol–water partition coefficient (Wildman–Crippen LogP) is 1.88. The first-order valence-electron chi connectivity index (χ1n) is 9.82. The second-order valence-corrected chi connectivity index (χ2v) is 7.85. The molecule has 0 spiro atoms. The van der Waals surface area contributed by atoms with Gasteiger partial charge in [-0.2, -0.15) is 0 Å². The molecule has 3 heterocycles. The summed E-state index contributed by atoms with van der Waals surface area (Å²) in [6, 6.07) is 12.8. The molecule has 6 heteroatoms. The topological polar surface area (TPSA) is 61.3 Å². The van der Waals surface area contributed by atoms with E-state index in [-0.39, 0.29) is 18.0 Å². The van der Waals surface area contributed by atoms with Crippen molar-refractivity contribution in [1.82, 2.24) is 20.7 Å². The lowest BCUT2D eigenvalue weighted by Gasteiger charge is -2.19. The van der Waals surface area contributed by atoms with Crippen LogP contribution in [0.4, 0.5) is 5.69 Å². The van der Waals surface area contributed by atoms with Crippen molar-refractivity contribution >= 4 is 11.6 Å². The number of nitrogens with zero attached hydrogens (tertiary/aromatic N) is 2. The van der Waals surface area contributed by atoms with E-state index < -0.39 is 0 Å². The van der Waals surface area contributed by atoms with Gasteiger partial charge in [0.15, 0.2) is 0 Å². The number of carbonyl (C=O) groups is 1. The van der Waals surface area contributed by atoms with Gasteiger partial charge in [-0.3, -0.25) is 4.79 Å². The molecule has 2 aliphatic rings. The molecule has 1 aromatic heterocycles. The molecule has 0 aliphatic carbocycles. The highest BCUT2D eigenvalue weighted by Crippen LogP contribution is 2.24. The molecule has 2 fully saturated rings. The number of carbonyl (C=O) groups excluding carboxylic acids is 1. The summed E-state index contributed by atoms with van der Waals surface area (Å²) >= 11 is 0. The zero-order chi connectivity index (χ0) is 18.8. The number of nitrogens with one attached hydrogen (secondary N) is 3. The van der Waals surface area contributed by atoms with Crippen LogP contribution in [0.15, 0.2) is 42.6 Å². The van der Waals surface area contributed by atoms with Gasteiger partial charge in [0.1, 0.15) is 6.04 Å². The molecule has 0 bridgehead atoms. The monoisotopic (exact) mass is 367 g/mol. The summed E-state index contributed by atoms with van der Waals surface area (Å²) in [4.78, 5) is 15.0. The Balaban J connectivity index is 1.24. The Kier molecular flexibility index (Phi) is 5.18. The van der Waals surface area contributed by atoms with Gasteiger partial charge >= 0.3 is 0 Å². The summed E-state index contributed by atoms with van der Waals surface area (Å²) in [5.41, 5.74) is 10.2. The molecule has 0 radical (unpaired) electrons. The van der Waals surface area contributed by atoms with Crippen LogP contribution in [-0.4, -0.2) is 36.2 Å². The van der Waals surface area contributed by atoms with Gasteiger partial charge in [-0.05, 0) is 49.9 Å².